The molecule has 0 spiro atoms. The summed E-state index contributed by atoms with van der Waals surface area (Å²) in [6.45, 7) is 11.5. The molecule has 2 rings (SSSR count). The number of carbonyl (C=O) groups is 1. The third-order valence-electron chi connectivity index (χ3n) is 5.17. The van der Waals surface area contributed by atoms with E-state index in [0.717, 1.165) is 45.0 Å². The van der Waals surface area contributed by atoms with Gasteiger partial charge in [-0.15, -0.1) is 0 Å². The fourth-order valence-electron chi connectivity index (χ4n) is 3.66. The number of hydrogen-bond donors (Lipinski definition) is 2. The molecule has 0 aromatic carbocycles. The molecule has 2 aliphatic heterocycles. The van der Waals surface area contributed by atoms with Crippen LogP contribution in [0.1, 0.15) is 59.8 Å². The van der Waals surface area contributed by atoms with E-state index in [-0.39, 0.29) is 6.09 Å². The lowest BCUT2D eigenvalue weighted by molar-refractivity contribution is 0.0162. The standard InChI is InChI=1S/C20H38N4O2S/c1-19(2,3)26-18(25)24-12-6-8-16(14-24)9-11-22-17(21-5)23-15-20(4)10-7-13-27-20/h16H,6-15H2,1-5H3,(H2,21,22,23). The Morgan fingerprint density at radius 3 is 2.74 bits per heavy atom. The Kier molecular flexibility index (Phi) is 8.13. The van der Waals surface area contributed by atoms with Gasteiger partial charge in [-0.1, -0.05) is 0 Å². The quantitative estimate of drug-likeness (QED) is 0.548. The summed E-state index contributed by atoms with van der Waals surface area (Å²) in [7, 11) is 1.82. The van der Waals surface area contributed by atoms with Gasteiger partial charge >= 0.3 is 6.09 Å². The first kappa shape index (κ1) is 22.2. The first-order valence-electron chi connectivity index (χ1n) is 10.3. The van der Waals surface area contributed by atoms with E-state index in [1.165, 1.54) is 25.0 Å². The third kappa shape index (κ3) is 7.80. The number of nitrogens with zero attached hydrogens (tertiary/aromatic N) is 2. The number of nitrogens with one attached hydrogen (secondary N) is 2. The molecule has 2 unspecified atom stereocenters. The second-order valence-electron chi connectivity index (χ2n) is 8.98. The molecule has 2 fully saturated rings. The Morgan fingerprint density at radius 2 is 2.11 bits per heavy atom. The number of rotatable bonds is 5. The normalized spacial score (nSPS) is 26.8. The van der Waals surface area contributed by atoms with Crippen molar-refractivity contribution < 1.29 is 9.53 Å². The molecule has 2 atom stereocenters. The fourth-order valence-corrected chi connectivity index (χ4v) is 4.90. The number of ether oxygens (including phenoxy) is 1. The zero-order valence-corrected chi connectivity index (χ0v) is 18.6. The summed E-state index contributed by atoms with van der Waals surface area (Å²) in [6.07, 6.45) is 5.65. The van der Waals surface area contributed by atoms with Crippen LogP contribution in [0.4, 0.5) is 4.79 Å². The van der Waals surface area contributed by atoms with Gasteiger partial charge in [0.15, 0.2) is 5.96 Å². The van der Waals surface area contributed by atoms with Crippen molar-refractivity contribution in [3.8, 4) is 0 Å². The van der Waals surface area contributed by atoms with E-state index < -0.39 is 5.60 Å². The molecule has 0 bridgehead atoms. The molecule has 0 aromatic rings. The molecule has 2 N–H and O–H groups in total. The molecule has 2 saturated heterocycles. The predicted molar refractivity (Wildman–Crippen MR) is 115 cm³/mol. The van der Waals surface area contributed by atoms with E-state index in [1.807, 2.05) is 32.7 Å². The molecule has 0 radical (unpaired) electrons. The molecule has 6 nitrogen and oxygen atoms in total. The molecule has 27 heavy (non-hydrogen) atoms. The highest BCUT2D eigenvalue weighted by Gasteiger charge is 2.30. The van der Waals surface area contributed by atoms with Crippen LogP contribution in [0.3, 0.4) is 0 Å². The lowest BCUT2D eigenvalue weighted by Crippen LogP contribution is -2.45. The second-order valence-corrected chi connectivity index (χ2v) is 10.7. The van der Waals surface area contributed by atoms with Gasteiger partial charge in [0, 0.05) is 38.0 Å². The summed E-state index contributed by atoms with van der Waals surface area (Å²) in [5.41, 5.74) is -0.433. The summed E-state index contributed by atoms with van der Waals surface area (Å²) in [5.74, 6) is 2.66. The van der Waals surface area contributed by atoms with Crippen LogP contribution in [0.25, 0.3) is 0 Å². The van der Waals surface area contributed by atoms with Gasteiger partial charge in [0.2, 0.25) is 0 Å². The van der Waals surface area contributed by atoms with Gasteiger partial charge in [0.25, 0.3) is 0 Å². The number of aliphatic imine (C=N–C) groups is 1. The summed E-state index contributed by atoms with van der Waals surface area (Å²) >= 11 is 2.06. The maximum absolute atomic E-state index is 12.3. The van der Waals surface area contributed by atoms with Gasteiger partial charge in [0.05, 0.1) is 0 Å². The van der Waals surface area contributed by atoms with Crippen molar-refractivity contribution in [2.24, 2.45) is 10.9 Å². The fraction of sp³-hybridized carbons (Fsp3) is 0.900. The Hall–Kier alpha value is -1.11. The average molecular weight is 399 g/mol. The Bertz CT molecular complexity index is 513. The number of hydrogen-bond acceptors (Lipinski definition) is 4. The van der Waals surface area contributed by atoms with Gasteiger partial charge < -0.3 is 20.3 Å². The zero-order chi connectivity index (χ0) is 19.9. The minimum Gasteiger partial charge on any atom is -0.444 e. The number of thioether (sulfide) groups is 1. The molecule has 2 heterocycles. The molecule has 156 valence electrons. The van der Waals surface area contributed by atoms with E-state index in [9.17, 15) is 4.79 Å². The van der Waals surface area contributed by atoms with Crippen LogP contribution in [0.15, 0.2) is 4.99 Å². The molecule has 0 saturated carbocycles. The van der Waals surface area contributed by atoms with E-state index in [1.54, 1.807) is 0 Å². The monoisotopic (exact) mass is 398 g/mol. The largest absolute Gasteiger partial charge is 0.444 e. The lowest BCUT2D eigenvalue weighted by Gasteiger charge is -2.34. The molecule has 1 amide bonds. The molecule has 0 aromatic heterocycles. The Balaban J connectivity index is 1.69. The number of piperidine rings is 1. The van der Waals surface area contributed by atoms with Gasteiger partial charge in [-0.2, -0.15) is 11.8 Å². The first-order chi connectivity index (χ1) is 12.7. The SMILES string of the molecule is CN=C(NCCC1CCCN(C(=O)OC(C)(C)C)C1)NCC1(C)CCCS1. The Morgan fingerprint density at radius 1 is 1.33 bits per heavy atom. The van der Waals surface area contributed by atoms with E-state index in [4.69, 9.17) is 4.74 Å². The zero-order valence-electron chi connectivity index (χ0n) is 17.8. The van der Waals surface area contributed by atoms with Crippen LogP contribution in [-0.2, 0) is 4.74 Å². The van der Waals surface area contributed by atoms with Crippen molar-refractivity contribution in [1.29, 1.82) is 0 Å². The number of carbonyl (C=O) groups excluding carboxylic acids is 1. The first-order valence-corrected chi connectivity index (χ1v) is 11.3. The highest BCUT2D eigenvalue weighted by Crippen LogP contribution is 2.36. The van der Waals surface area contributed by atoms with E-state index >= 15 is 0 Å². The number of likely N-dealkylation sites (tertiary alicyclic amines) is 1. The average Bonchev–Trinajstić information content (AvgIpc) is 3.03. The van der Waals surface area contributed by atoms with E-state index in [2.05, 4.69) is 34.3 Å². The molecule has 7 heteroatoms. The predicted octanol–water partition coefficient (Wildman–Crippen LogP) is 3.47. The van der Waals surface area contributed by atoms with Crippen LogP contribution in [-0.4, -0.2) is 66.3 Å². The van der Waals surface area contributed by atoms with Gasteiger partial charge in [-0.3, -0.25) is 4.99 Å². The number of amides is 1. The van der Waals surface area contributed by atoms with Crippen molar-refractivity contribution in [3.05, 3.63) is 0 Å². The third-order valence-corrected chi connectivity index (χ3v) is 6.71. The maximum atomic E-state index is 12.3. The van der Waals surface area contributed by atoms with Crippen molar-refractivity contribution >= 4 is 23.8 Å². The van der Waals surface area contributed by atoms with Crippen molar-refractivity contribution in [2.45, 2.75) is 70.1 Å². The minimum absolute atomic E-state index is 0.181. The van der Waals surface area contributed by atoms with Crippen LogP contribution in [0, 0.1) is 5.92 Å². The van der Waals surface area contributed by atoms with Crippen molar-refractivity contribution in [1.82, 2.24) is 15.5 Å². The maximum Gasteiger partial charge on any atom is 0.410 e. The Labute approximate surface area is 169 Å². The summed E-state index contributed by atoms with van der Waals surface area (Å²) in [4.78, 5) is 18.5. The summed E-state index contributed by atoms with van der Waals surface area (Å²) in [6, 6.07) is 0. The summed E-state index contributed by atoms with van der Waals surface area (Å²) in [5, 5.41) is 6.91. The highest BCUT2D eigenvalue weighted by atomic mass is 32.2. The summed E-state index contributed by atoms with van der Waals surface area (Å²) < 4.78 is 5.84. The molecule has 2 aliphatic rings. The van der Waals surface area contributed by atoms with Gasteiger partial charge in [0.1, 0.15) is 5.60 Å². The smallest absolute Gasteiger partial charge is 0.410 e. The van der Waals surface area contributed by atoms with Crippen LogP contribution in [0.2, 0.25) is 0 Å². The van der Waals surface area contributed by atoms with Crippen LogP contribution < -0.4 is 10.6 Å². The highest BCUT2D eigenvalue weighted by molar-refractivity contribution is 8.00. The van der Waals surface area contributed by atoms with Crippen LogP contribution in [0.5, 0.6) is 0 Å². The van der Waals surface area contributed by atoms with Gasteiger partial charge in [-0.05, 0) is 71.5 Å². The number of guanidine groups is 1. The topological polar surface area (TPSA) is 66.0 Å². The van der Waals surface area contributed by atoms with Crippen molar-refractivity contribution in [3.63, 3.8) is 0 Å². The molecular formula is C20H38N4O2S. The minimum atomic E-state index is -0.433. The van der Waals surface area contributed by atoms with E-state index in [0.29, 0.717) is 10.7 Å². The van der Waals surface area contributed by atoms with Gasteiger partial charge in [-0.25, -0.2) is 4.79 Å². The molecular weight excluding hydrogens is 360 g/mol. The second kappa shape index (κ2) is 9.89. The van der Waals surface area contributed by atoms with Crippen LogP contribution >= 0.6 is 11.8 Å². The molecule has 0 aliphatic carbocycles. The van der Waals surface area contributed by atoms with Crippen molar-refractivity contribution in [2.75, 3.05) is 39.0 Å². The lowest BCUT2D eigenvalue weighted by atomic mass is 9.95.